The summed E-state index contributed by atoms with van der Waals surface area (Å²) in [4.78, 5) is 13.7. The number of amides is 1. The number of para-hydroxylation sites is 1. The molecule has 2 aromatic rings. The minimum atomic E-state index is -3.95. The number of halogens is 1. The third-order valence-electron chi connectivity index (χ3n) is 3.21. The van der Waals surface area contributed by atoms with Crippen LogP contribution in [0.4, 0.5) is 0 Å². The molecule has 0 atom stereocenters. The van der Waals surface area contributed by atoms with Gasteiger partial charge in [-0.3, -0.25) is 10.2 Å². The monoisotopic (exact) mass is 368 g/mol. The Morgan fingerprint density at radius 3 is 2.33 bits per heavy atom. The van der Waals surface area contributed by atoms with Crippen molar-refractivity contribution < 1.29 is 17.9 Å². The van der Waals surface area contributed by atoms with Crippen molar-refractivity contribution in [2.75, 3.05) is 6.61 Å². The van der Waals surface area contributed by atoms with Crippen molar-refractivity contribution in [2.24, 2.45) is 0 Å². The van der Waals surface area contributed by atoms with Crippen molar-refractivity contribution in [2.45, 2.75) is 18.7 Å². The Morgan fingerprint density at radius 1 is 1.08 bits per heavy atom. The molecule has 0 spiro atoms. The molecule has 0 fully saturated rings. The molecule has 0 saturated heterocycles. The Bertz CT molecular complexity index is 833. The van der Waals surface area contributed by atoms with E-state index in [2.05, 4.69) is 5.43 Å². The molecule has 0 aliphatic carbocycles. The van der Waals surface area contributed by atoms with Crippen molar-refractivity contribution in [3.8, 4) is 5.75 Å². The van der Waals surface area contributed by atoms with Gasteiger partial charge in [-0.25, -0.2) is 8.42 Å². The van der Waals surface area contributed by atoms with Crippen LogP contribution in [0.5, 0.6) is 5.75 Å². The van der Waals surface area contributed by atoms with Crippen molar-refractivity contribution in [1.82, 2.24) is 10.3 Å². The Kier molecular flexibility index (Phi) is 5.82. The Balaban J connectivity index is 1.95. The quantitative estimate of drug-likeness (QED) is 0.766. The van der Waals surface area contributed by atoms with Crippen molar-refractivity contribution in [3.05, 3.63) is 58.6 Å². The summed E-state index contributed by atoms with van der Waals surface area (Å²) in [6.07, 6.45) is 0. The van der Waals surface area contributed by atoms with Crippen LogP contribution in [-0.2, 0) is 14.8 Å². The third kappa shape index (κ3) is 4.47. The number of aryl methyl sites for hydroxylation is 2. The lowest BCUT2D eigenvalue weighted by molar-refractivity contribution is -0.123. The molecule has 0 aromatic heterocycles. The van der Waals surface area contributed by atoms with E-state index in [4.69, 9.17) is 16.3 Å². The lowest BCUT2D eigenvalue weighted by Gasteiger charge is -2.13. The van der Waals surface area contributed by atoms with Gasteiger partial charge in [0, 0.05) is 0 Å². The minimum Gasteiger partial charge on any atom is -0.483 e. The molecule has 0 unspecified atom stereocenters. The van der Waals surface area contributed by atoms with Gasteiger partial charge in [0.05, 0.1) is 5.02 Å². The van der Waals surface area contributed by atoms with Gasteiger partial charge in [0.2, 0.25) is 0 Å². The normalized spacial score (nSPS) is 11.1. The maximum Gasteiger partial charge on any atom is 0.272 e. The van der Waals surface area contributed by atoms with Crippen LogP contribution in [-0.4, -0.2) is 20.9 Å². The molecule has 0 bridgehead atoms. The Hall–Kier alpha value is -2.09. The number of sulfonamides is 1. The summed E-state index contributed by atoms with van der Waals surface area (Å²) in [6.45, 7) is 3.40. The molecule has 0 heterocycles. The van der Waals surface area contributed by atoms with E-state index >= 15 is 0 Å². The zero-order valence-electron chi connectivity index (χ0n) is 13.2. The van der Waals surface area contributed by atoms with E-state index in [1.165, 1.54) is 18.2 Å². The molecule has 1 amide bonds. The lowest BCUT2D eigenvalue weighted by atomic mass is 10.1. The molecular formula is C16H17ClN2O4S. The van der Waals surface area contributed by atoms with Crippen LogP contribution in [0.1, 0.15) is 11.1 Å². The number of nitrogens with one attached hydrogen (secondary N) is 2. The first-order valence-corrected chi connectivity index (χ1v) is 8.91. The third-order valence-corrected chi connectivity index (χ3v) is 4.95. The average molecular weight is 369 g/mol. The van der Waals surface area contributed by atoms with E-state index in [9.17, 15) is 13.2 Å². The van der Waals surface area contributed by atoms with E-state index in [-0.39, 0.29) is 16.5 Å². The Labute approximate surface area is 145 Å². The summed E-state index contributed by atoms with van der Waals surface area (Å²) in [5.74, 6) is -0.0325. The molecule has 2 N–H and O–H groups in total. The summed E-state index contributed by atoms with van der Waals surface area (Å²) in [5, 5.41) is 0.0611. The fourth-order valence-electron chi connectivity index (χ4n) is 2.04. The number of carbonyl (C=O) groups is 1. The number of hydrogen-bond donors (Lipinski definition) is 2. The van der Waals surface area contributed by atoms with E-state index in [1.54, 1.807) is 6.07 Å². The smallest absolute Gasteiger partial charge is 0.272 e. The van der Waals surface area contributed by atoms with Crippen LogP contribution in [0.25, 0.3) is 0 Å². The summed E-state index contributed by atoms with van der Waals surface area (Å²) >= 11 is 5.84. The van der Waals surface area contributed by atoms with Gasteiger partial charge in [-0.05, 0) is 37.1 Å². The second-order valence-electron chi connectivity index (χ2n) is 5.09. The van der Waals surface area contributed by atoms with Crippen LogP contribution in [0.2, 0.25) is 5.02 Å². The van der Waals surface area contributed by atoms with Crippen LogP contribution < -0.4 is 15.0 Å². The first kappa shape index (κ1) is 18.3. The molecule has 2 aromatic carbocycles. The fourth-order valence-corrected chi connectivity index (χ4v) is 3.42. The maximum atomic E-state index is 12.1. The van der Waals surface area contributed by atoms with Gasteiger partial charge < -0.3 is 4.74 Å². The van der Waals surface area contributed by atoms with Crippen LogP contribution in [0.3, 0.4) is 0 Å². The topological polar surface area (TPSA) is 84.5 Å². The minimum absolute atomic E-state index is 0.0611. The second-order valence-corrected chi connectivity index (χ2v) is 7.15. The maximum absolute atomic E-state index is 12.1. The van der Waals surface area contributed by atoms with Crippen LogP contribution >= 0.6 is 11.6 Å². The zero-order chi connectivity index (χ0) is 17.7. The number of rotatable bonds is 6. The van der Waals surface area contributed by atoms with E-state index in [1.807, 2.05) is 36.9 Å². The van der Waals surface area contributed by atoms with E-state index in [0.29, 0.717) is 5.75 Å². The largest absolute Gasteiger partial charge is 0.483 e. The van der Waals surface area contributed by atoms with Gasteiger partial charge in [0.25, 0.3) is 15.9 Å². The number of ether oxygens (including phenoxy) is 1. The van der Waals surface area contributed by atoms with E-state index < -0.39 is 15.9 Å². The number of hydrogen-bond acceptors (Lipinski definition) is 4. The molecular weight excluding hydrogens is 352 g/mol. The zero-order valence-corrected chi connectivity index (χ0v) is 14.7. The average Bonchev–Trinajstić information content (AvgIpc) is 2.53. The van der Waals surface area contributed by atoms with Gasteiger partial charge in [0.15, 0.2) is 6.61 Å². The molecule has 0 saturated carbocycles. The predicted molar refractivity (Wildman–Crippen MR) is 91.3 cm³/mol. The van der Waals surface area contributed by atoms with Crippen LogP contribution in [0, 0.1) is 13.8 Å². The molecule has 0 radical (unpaired) electrons. The highest BCUT2D eigenvalue weighted by molar-refractivity contribution is 7.89. The standard InChI is InChI=1S/C16H17ClN2O4S/c1-11-6-5-7-12(2)16(11)23-10-15(20)18-19-24(21,22)14-9-4-3-8-13(14)17/h3-9,19H,10H2,1-2H3,(H,18,20). The molecule has 2 rings (SSSR count). The van der Waals surface area contributed by atoms with Gasteiger partial charge in [0.1, 0.15) is 10.6 Å². The van der Waals surface area contributed by atoms with Crippen LogP contribution in [0.15, 0.2) is 47.4 Å². The molecule has 24 heavy (non-hydrogen) atoms. The highest BCUT2D eigenvalue weighted by atomic mass is 35.5. The summed E-state index contributed by atoms with van der Waals surface area (Å²) < 4.78 is 29.6. The molecule has 8 heteroatoms. The highest BCUT2D eigenvalue weighted by Crippen LogP contribution is 2.22. The Morgan fingerprint density at radius 2 is 1.71 bits per heavy atom. The molecule has 6 nitrogen and oxygen atoms in total. The molecule has 0 aliphatic rings. The van der Waals surface area contributed by atoms with Gasteiger partial charge in [-0.15, -0.1) is 4.83 Å². The van der Waals surface area contributed by atoms with Gasteiger partial charge in [-0.2, -0.15) is 0 Å². The first-order chi connectivity index (χ1) is 11.3. The number of hydrazine groups is 1. The number of carbonyl (C=O) groups excluding carboxylic acids is 1. The lowest BCUT2D eigenvalue weighted by Crippen LogP contribution is -2.43. The first-order valence-electron chi connectivity index (χ1n) is 7.05. The van der Waals surface area contributed by atoms with Gasteiger partial charge in [-0.1, -0.05) is 41.9 Å². The highest BCUT2D eigenvalue weighted by Gasteiger charge is 2.18. The number of benzene rings is 2. The SMILES string of the molecule is Cc1cccc(C)c1OCC(=O)NNS(=O)(=O)c1ccccc1Cl. The fraction of sp³-hybridized carbons (Fsp3) is 0.188. The van der Waals surface area contributed by atoms with Crippen molar-refractivity contribution in [1.29, 1.82) is 0 Å². The van der Waals surface area contributed by atoms with E-state index in [0.717, 1.165) is 11.1 Å². The second kappa shape index (κ2) is 7.65. The van der Waals surface area contributed by atoms with Crippen molar-refractivity contribution in [3.63, 3.8) is 0 Å². The van der Waals surface area contributed by atoms with Gasteiger partial charge >= 0.3 is 0 Å². The summed E-state index contributed by atoms with van der Waals surface area (Å²) in [5.41, 5.74) is 3.87. The summed E-state index contributed by atoms with van der Waals surface area (Å²) in [6, 6.07) is 11.5. The summed E-state index contributed by atoms with van der Waals surface area (Å²) in [7, 11) is -3.95. The van der Waals surface area contributed by atoms with Crippen molar-refractivity contribution >= 4 is 27.5 Å². The molecule has 128 valence electrons. The predicted octanol–water partition coefficient (Wildman–Crippen LogP) is 2.35. The molecule has 0 aliphatic heterocycles.